The molecule has 1 heterocycles. The van der Waals surface area contributed by atoms with Gasteiger partial charge >= 0.3 is 0 Å². The number of ether oxygens (including phenoxy) is 1. The largest absolute Gasteiger partial charge is 0.489 e. The summed E-state index contributed by atoms with van der Waals surface area (Å²) >= 11 is 5.86. The average molecular weight is 224 g/mol. The summed E-state index contributed by atoms with van der Waals surface area (Å²) in [6.07, 6.45) is 3.26. The highest BCUT2D eigenvalue weighted by Gasteiger charge is 2.03. The third-order valence-electron chi connectivity index (χ3n) is 2.38. The standard InChI is InChI=1S/C12H14ClNO/c13-11-2-1-3-12(8-11)15-9-10-4-6-14-7-5-10/h1-4,8,14H,5-7,9H2. The third-order valence-corrected chi connectivity index (χ3v) is 2.61. The highest BCUT2D eigenvalue weighted by molar-refractivity contribution is 6.30. The minimum Gasteiger partial charge on any atom is -0.489 e. The Balaban J connectivity index is 1.90. The lowest BCUT2D eigenvalue weighted by Gasteiger charge is -2.14. The molecule has 0 saturated carbocycles. The molecule has 1 N–H and O–H groups in total. The van der Waals surface area contributed by atoms with Gasteiger partial charge in [-0.1, -0.05) is 23.7 Å². The van der Waals surface area contributed by atoms with Gasteiger partial charge in [-0.05, 0) is 36.7 Å². The van der Waals surface area contributed by atoms with E-state index >= 15 is 0 Å². The molecule has 0 bridgehead atoms. The number of hydrogen-bond donors (Lipinski definition) is 1. The number of nitrogens with one attached hydrogen (secondary N) is 1. The molecule has 1 aliphatic rings. The van der Waals surface area contributed by atoms with Crippen LogP contribution in [0.3, 0.4) is 0 Å². The Kier molecular flexibility index (Phi) is 3.64. The van der Waals surface area contributed by atoms with E-state index in [4.69, 9.17) is 16.3 Å². The van der Waals surface area contributed by atoms with Crippen LogP contribution in [0.25, 0.3) is 0 Å². The number of halogens is 1. The van der Waals surface area contributed by atoms with Gasteiger partial charge in [-0.15, -0.1) is 0 Å². The number of benzene rings is 1. The first-order chi connectivity index (χ1) is 7.34. The Morgan fingerprint density at radius 2 is 2.33 bits per heavy atom. The average Bonchev–Trinajstić information content (AvgIpc) is 2.28. The van der Waals surface area contributed by atoms with E-state index in [0.717, 1.165) is 25.3 Å². The summed E-state index contributed by atoms with van der Waals surface area (Å²) in [7, 11) is 0. The second kappa shape index (κ2) is 5.19. The van der Waals surface area contributed by atoms with Gasteiger partial charge < -0.3 is 10.1 Å². The normalized spacial score (nSPS) is 15.9. The molecule has 80 valence electrons. The van der Waals surface area contributed by atoms with Crippen molar-refractivity contribution in [2.24, 2.45) is 0 Å². The monoisotopic (exact) mass is 223 g/mol. The van der Waals surface area contributed by atoms with Gasteiger partial charge in [0, 0.05) is 11.6 Å². The van der Waals surface area contributed by atoms with E-state index in [1.807, 2.05) is 24.3 Å². The van der Waals surface area contributed by atoms with E-state index in [1.165, 1.54) is 5.57 Å². The van der Waals surface area contributed by atoms with E-state index in [0.29, 0.717) is 11.6 Å². The number of hydrogen-bond acceptors (Lipinski definition) is 2. The predicted molar refractivity (Wildman–Crippen MR) is 62.5 cm³/mol. The van der Waals surface area contributed by atoms with Crippen molar-refractivity contribution in [3.8, 4) is 5.75 Å². The summed E-state index contributed by atoms with van der Waals surface area (Å²) in [5.41, 5.74) is 1.36. The van der Waals surface area contributed by atoms with Gasteiger partial charge in [-0.3, -0.25) is 0 Å². The molecular formula is C12H14ClNO. The maximum absolute atomic E-state index is 5.86. The van der Waals surface area contributed by atoms with Crippen molar-refractivity contribution in [3.63, 3.8) is 0 Å². The van der Waals surface area contributed by atoms with Gasteiger partial charge in [0.1, 0.15) is 12.4 Å². The van der Waals surface area contributed by atoms with Crippen LogP contribution in [-0.4, -0.2) is 19.7 Å². The van der Waals surface area contributed by atoms with Crippen LogP contribution >= 0.6 is 11.6 Å². The van der Waals surface area contributed by atoms with Gasteiger partial charge in [-0.25, -0.2) is 0 Å². The minimum atomic E-state index is 0.669. The van der Waals surface area contributed by atoms with E-state index in [9.17, 15) is 0 Å². The van der Waals surface area contributed by atoms with E-state index in [2.05, 4.69) is 11.4 Å². The highest BCUT2D eigenvalue weighted by atomic mass is 35.5. The zero-order chi connectivity index (χ0) is 10.5. The molecule has 0 amide bonds. The molecule has 0 aliphatic carbocycles. The van der Waals surface area contributed by atoms with Crippen LogP contribution < -0.4 is 10.1 Å². The van der Waals surface area contributed by atoms with Crippen LogP contribution in [0.15, 0.2) is 35.9 Å². The first-order valence-corrected chi connectivity index (χ1v) is 5.49. The van der Waals surface area contributed by atoms with E-state index < -0.39 is 0 Å². The van der Waals surface area contributed by atoms with Gasteiger partial charge in [0.25, 0.3) is 0 Å². The molecule has 1 aromatic rings. The SMILES string of the molecule is Clc1cccc(OCC2=CCNCC2)c1. The van der Waals surface area contributed by atoms with Crippen LogP contribution in [-0.2, 0) is 0 Å². The molecule has 0 radical (unpaired) electrons. The van der Waals surface area contributed by atoms with E-state index in [1.54, 1.807) is 0 Å². The molecule has 2 nitrogen and oxygen atoms in total. The molecule has 1 aliphatic heterocycles. The Bertz CT molecular complexity index is 362. The predicted octanol–water partition coefficient (Wildman–Crippen LogP) is 2.64. The second-order valence-electron chi connectivity index (χ2n) is 3.56. The lowest BCUT2D eigenvalue weighted by atomic mass is 10.1. The van der Waals surface area contributed by atoms with Crippen molar-refractivity contribution in [3.05, 3.63) is 40.9 Å². The summed E-state index contributed by atoms with van der Waals surface area (Å²) in [5, 5.41) is 3.98. The van der Waals surface area contributed by atoms with Gasteiger partial charge in [-0.2, -0.15) is 0 Å². The van der Waals surface area contributed by atoms with E-state index in [-0.39, 0.29) is 0 Å². The smallest absolute Gasteiger partial charge is 0.121 e. The highest BCUT2D eigenvalue weighted by Crippen LogP contribution is 2.18. The molecule has 3 heteroatoms. The number of rotatable bonds is 3. The zero-order valence-electron chi connectivity index (χ0n) is 8.50. The van der Waals surface area contributed by atoms with Crippen LogP contribution in [0.2, 0.25) is 5.02 Å². The molecule has 2 rings (SSSR count). The maximum Gasteiger partial charge on any atom is 0.121 e. The van der Waals surface area contributed by atoms with Gasteiger partial charge in [0.2, 0.25) is 0 Å². The van der Waals surface area contributed by atoms with Crippen molar-refractivity contribution in [1.29, 1.82) is 0 Å². The van der Waals surface area contributed by atoms with Crippen molar-refractivity contribution >= 4 is 11.6 Å². The second-order valence-corrected chi connectivity index (χ2v) is 4.00. The molecule has 0 fully saturated rings. The van der Waals surface area contributed by atoms with Crippen molar-refractivity contribution < 1.29 is 4.74 Å². The summed E-state index contributed by atoms with van der Waals surface area (Å²) in [4.78, 5) is 0. The molecule has 1 aromatic carbocycles. The van der Waals surface area contributed by atoms with Gasteiger partial charge in [0.05, 0.1) is 0 Å². The summed E-state index contributed by atoms with van der Waals surface area (Å²) < 4.78 is 5.65. The lowest BCUT2D eigenvalue weighted by Crippen LogP contribution is -2.22. The topological polar surface area (TPSA) is 21.3 Å². The van der Waals surface area contributed by atoms with Crippen molar-refractivity contribution in [2.45, 2.75) is 6.42 Å². The summed E-state index contributed by atoms with van der Waals surface area (Å²) in [6.45, 7) is 2.67. The third kappa shape index (κ3) is 3.26. The first-order valence-electron chi connectivity index (χ1n) is 5.11. The molecule has 0 aromatic heterocycles. The van der Waals surface area contributed by atoms with Crippen LogP contribution in [0, 0.1) is 0 Å². The minimum absolute atomic E-state index is 0.669. The van der Waals surface area contributed by atoms with Gasteiger partial charge in [0.15, 0.2) is 0 Å². The summed E-state index contributed by atoms with van der Waals surface area (Å²) in [6, 6.07) is 7.50. The fourth-order valence-corrected chi connectivity index (χ4v) is 1.71. The van der Waals surface area contributed by atoms with Crippen molar-refractivity contribution in [1.82, 2.24) is 5.32 Å². The molecular weight excluding hydrogens is 210 g/mol. The Morgan fingerprint density at radius 3 is 3.07 bits per heavy atom. The van der Waals surface area contributed by atoms with Crippen molar-refractivity contribution in [2.75, 3.05) is 19.7 Å². The molecule has 15 heavy (non-hydrogen) atoms. The Labute approximate surface area is 94.9 Å². The van der Waals surface area contributed by atoms with Crippen LogP contribution in [0.4, 0.5) is 0 Å². The molecule has 0 atom stereocenters. The fourth-order valence-electron chi connectivity index (χ4n) is 1.53. The Morgan fingerprint density at radius 1 is 1.40 bits per heavy atom. The zero-order valence-corrected chi connectivity index (χ0v) is 9.26. The quantitative estimate of drug-likeness (QED) is 0.796. The molecule has 0 saturated heterocycles. The fraction of sp³-hybridized carbons (Fsp3) is 0.333. The van der Waals surface area contributed by atoms with Crippen LogP contribution in [0.1, 0.15) is 6.42 Å². The van der Waals surface area contributed by atoms with Crippen LogP contribution in [0.5, 0.6) is 5.75 Å². The maximum atomic E-state index is 5.86. The lowest BCUT2D eigenvalue weighted by molar-refractivity contribution is 0.344. The summed E-state index contributed by atoms with van der Waals surface area (Å²) in [5.74, 6) is 0.835. The molecule has 0 spiro atoms. The first kappa shape index (κ1) is 10.5. The Hall–Kier alpha value is -0.990. The molecule has 0 unspecified atom stereocenters.